The van der Waals surface area contributed by atoms with Crippen LogP contribution in [0.1, 0.15) is 25.5 Å². The molecule has 1 atom stereocenters. The molecule has 0 saturated heterocycles. The van der Waals surface area contributed by atoms with Crippen molar-refractivity contribution in [2.24, 2.45) is 0 Å². The largest absolute Gasteiger partial charge is 0.376 e. The van der Waals surface area contributed by atoms with Gasteiger partial charge in [-0.15, -0.1) is 0 Å². The molecule has 0 aliphatic rings. The van der Waals surface area contributed by atoms with Crippen LogP contribution in [-0.2, 0) is 16.4 Å². The average Bonchev–Trinajstić information content (AvgIpc) is 2.85. The first kappa shape index (κ1) is 14.6. The van der Waals surface area contributed by atoms with E-state index in [1.807, 2.05) is 36.9 Å². The standard InChI is InChI=1S/C14H19N3O2S/c1-4-17-10-13(9-15-17)16-11(2)12-5-7-14(8-6-12)20(3,18)19/h5-11,16H,4H2,1-3H3. The number of anilines is 1. The van der Waals surface area contributed by atoms with Gasteiger partial charge in [-0.05, 0) is 31.5 Å². The maximum Gasteiger partial charge on any atom is 0.175 e. The van der Waals surface area contributed by atoms with E-state index in [1.165, 1.54) is 6.26 Å². The van der Waals surface area contributed by atoms with Gasteiger partial charge in [0.05, 0.1) is 16.8 Å². The van der Waals surface area contributed by atoms with Crippen molar-refractivity contribution in [3.05, 3.63) is 42.2 Å². The third kappa shape index (κ3) is 3.39. The van der Waals surface area contributed by atoms with Crippen molar-refractivity contribution in [3.63, 3.8) is 0 Å². The summed E-state index contributed by atoms with van der Waals surface area (Å²) in [4.78, 5) is 0.340. The van der Waals surface area contributed by atoms with Gasteiger partial charge in [-0.3, -0.25) is 4.68 Å². The number of benzene rings is 1. The summed E-state index contributed by atoms with van der Waals surface area (Å²) in [5.74, 6) is 0. The molecular formula is C14H19N3O2S. The number of hydrogen-bond acceptors (Lipinski definition) is 4. The number of rotatable bonds is 5. The van der Waals surface area contributed by atoms with E-state index in [0.29, 0.717) is 4.90 Å². The van der Waals surface area contributed by atoms with E-state index < -0.39 is 9.84 Å². The van der Waals surface area contributed by atoms with Gasteiger partial charge in [0.15, 0.2) is 9.84 Å². The summed E-state index contributed by atoms with van der Waals surface area (Å²) in [5.41, 5.74) is 1.98. The van der Waals surface area contributed by atoms with Crippen LogP contribution in [0.5, 0.6) is 0 Å². The molecule has 20 heavy (non-hydrogen) atoms. The van der Waals surface area contributed by atoms with Crippen molar-refractivity contribution < 1.29 is 8.42 Å². The molecule has 1 aromatic heterocycles. The van der Waals surface area contributed by atoms with Crippen LogP contribution in [0, 0.1) is 0 Å². The molecule has 1 aromatic carbocycles. The summed E-state index contributed by atoms with van der Waals surface area (Å²) in [6.07, 6.45) is 4.94. The summed E-state index contributed by atoms with van der Waals surface area (Å²) in [6.45, 7) is 4.89. The number of sulfone groups is 1. The molecule has 1 heterocycles. The number of aryl methyl sites for hydroxylation is 1. The lowest BCUT2D eigenvalue weighted by Crippen LogP contribution is -2.06. The summed E-state index contributed by atoms with van der Waals surface area (Å²) in [7, 11) is -3.14. The molecule has 0 spiro atoms. The summed E-state index contributed by atoms with van der Waals surface area (Å²) >= 11 is 0. The molecule has 0 aliphatic carbocycles. The number of nitrogens with zero attached hydrogens (tertiary/aromatic N) is 2. The molecule has 108 valence electrons. The summed E-state index contributed by atoms with van der Waals surface area (Å²) in [5, 5.41) is 7.54. The molecule has 1 N–H and O–H groups in total. The zero-order chi connectivity index (χ0) is 14.8. The van der Waals surface area contributed by atoms with Crippen LogP contribution in [0.15, 0.2) is 41.6 Å². The minimum Gasteiger partial charge on any atom is -0.376 e. The van der Waals surface area contributed by atoms with Crippen LogP contribution in [0.25, 0.3) is 0 Å². The second kappa shape index (κ2) is 5.66. The van der Waals surface area contributed by atoms with Crippen molar-refractivity contribution in [3.8, 4) is 0 Å². The normalized spacial score (nSPS) is 13.2. The van der Waals surface area contributed by atoms with Crippen LogP contribution in [0.4, 0.5) is 5.69 Å². The topological polar surface area (TPSA) is 64.0 Å². The van der Waals surface area contributed by atoms with Crippen LogP contribution in [0.2, 0.25) is 0 Å². The predicted octanol–water partition coefficient (Wildman–Crippen LogP) is 2.48. The van der Waals surface area contributed by atoms with E-state index in [1.54, 1.807) is 18.3 Å². The molecule has 0 amide bonds. The van der Waals surface area contributed by atoms with E-state index in [9.17, 15) is 8.42 Å². The van der Waals surface area contributed by atoms with Gasteiger partial charge in [-0.25, -0.2) is 8.42 Å². The molecule has 1 unspecified atom stereocenters. The highest BCUT2D eigenvalue weighted by Gasteiger charge is 2.10. The predicted molar refractivity (Wildman–Crippen MR) is 79.5 cm³/mol. The fourth-order valence-electron chi connectivity index (χ4n) is 1.95. The fourth-order valence-corrected chi connectivity index (χ4v) is 2.58. The first-order valence-corrected chi connectivity index (χ1v) is 8.38. The molecule has 0 aliphatic heterocycles. The van der Waals surface area contributed by atoms with Gasteiger partial charge in [0.2, 0.25) is 0 Å². The Morgan fingerprint density at radius 3 is 2.45 bits per heavy atom. The van der Waals surface area contributed by atoms with Gasteiger partial charge >= 0.3 is 0 Å². The zero-order valence-corrected chi connectivity index (χ0v) is 12.7. The van der Waals surface area contributed by atoms with E-state index >= 15 is 0 Å². The highest BCUT2D eigenvalue weighted by Crippen LogP contribution is 2.20. The van der Waals surface area contributed by atoms with E-state index in [2.05, 4.69) is 10.4 Å². The Hall–Kier alpha value is -1.82. The van der Waals surface area contributed by atoms with Crippen molar-refractivity contribution in [2.45, 2.75) is 31.3 Å². The Morgan fingerprint density at radius 2 is 1.95 bits per heavy atom. The molecule has 0 radical (unpaired) electrons. The van der Waals surface area contributed by atoms with Crippen molar-refractivity contribution in [2.75, 3.05) is 11.6 Å². The Labute approximate surface area is 119 Å². The lowest BCUT2D eigenvalue weighted by molar-refractivity contribution is 0.602. The van der Waals surface area contributed by atoms with Gasteiger partial charge in [0, 0.05) is 25.0 Å². The van der Waals surface area contributed by atoms with Gasteiger partial charge in [0.25, 0.3) is 0 Å². The van der Waals surface area contributed by atoms with E-state index in [-0.39, 0.29) is 6.04 Å². The van der Waals surface area contributed by atoms with Crippen molar-refractivity contribution >= 4 is 15.5 Å². The molecule has 6 heteroatoms. The second-order valence-electron chi connectivity index (χ2n) is 4.79. The maximum absolute atomic E-state index is 11.4. The molecule has 5 nitrogen and oxygen atoms in total. The van der Waals surface area contributed by atoms with Crippen LogP contribution in [-0.4, -0.2) is 24.5 Å². The lowest BCUT2D eigenvalue weighted by atomic mass is 10.1. The SMILES string of the molecule is CCn1cc(NC(C)c2ccc(S(C)(=O)=O)cc2)cn1. The zero-order valence-electron chi connectivity index (χ0n) is 11.9. The smallest absolute Gasteiger partial charge is 0.175 e. The van der Waals surface area contributed by atoms with Crippen LogP contribution in [0.3, 0.4) is 0 Å². The second-order valence-corrected chi connectivity index (χ2v) is 6.81. The highest BCUT2D eigenvalue weighted by molar-refractivity contribution is 7.90. The Balaban J connectivity index is 2.11. The molecule has 2 aromatic rings. The van der Waals surface area contributed by atoms with Crippen LogP contribution < -0.4 is 5.32 Å². The summed E-state index contributed by atoms with van der Waals surface area (Å²) < 4.78 is 24.7. The minimum absolute atomic E-state index is 0.0816. The van der Waals surface area contributed by atoms with Gasteiger partial charge in [0.1, 0.15) is 0 Å². The van der Waals surface area contributed by atoms with Gasteiger partial charge in [-0.2, -0.15) is 5.10 Å². The first-order valence-electron chi connectivity index (χ1n) is 6.49. The van der Waals surface area contributed by atoms with E-state index in [4.69, 9.17) is 0 Å². The van der Waals surface area contributed by atoms with Gasteiger partial charge in [-0.1, -0.05) is 12.1 Å². The molecule has 0 saturated carbocycles. The average molecular weight is 293 g/mol. The third-order valence-electron chi connectivity index (χ3n) is 3.15. The van der Waals surface area contributed by atoms with Crippen molar-refractivity contribution in [1.29, 1.82) is 0 Å². The monoisotopic (exact) mass is 293 g/mol. The molecule has 0 bridgehead atoms. The third-order valence-corrected chi connectivity index (χ3v) is 4.28. The Morgan fingerprint density at radius 1 is 1.30 bits per heavy atom. The lowest BCUT2D eigenvalue weighted by Gasteiger charge is -2.14. The summed E-state index contributed by atoms with van der Waals surface area (Å²) in [6, 6.07) is 7.02. The van der Waals surface area contributed by atoms with Gasteiger partial charge < -0.3 is 5.32 Å². The first-order chi connectivity index (χ1) is 9.40. The quantitative estimate of drug-likeness (QED) is 0.920. The Kier molecular flexibility index (Phi) is 4.13. The molecule has 2 rings (SSSR count). The minimum atomic E-state index is -3.14. The Bertz CT molecular complexity index is 675. The van der Waals surface area contributed by atoms with E-state index in [0.717, 1.165) is 17.8 Å². The molecule has 0 fully saturated rings. The highest BCUT2D eigenvalue weighted by atomic mass is 32.2. The molecular weight excluding hydrogens is 274 g/mol. The fraction of sp³-hybridized carbons (Fsp3) is 0.357. The number of hydrogen-bond donors (Lipinski definition) is 1. The number of nitrogens with one attached hydrogen (secondary N) is 1. The number of aromatic nitrogens is 2. The van der Waals surface area contributed by atoms with Crippen LogP contribution >= 0.6 is 0 Å². The maximum atomic E-state index is 11.4. The van der Waals surface area contributed by atoms with Crippen molar-refractivity contribution in [1.82, 2.24) is 9.78 Å².